The van der Waals surface area contributed by atoms with Crippen molar-refractivity contribution >= 4 is 22.6 Å². The number of hydrogen-bond acceptors (Lipinski definition) is 7. The predicted molar refractivity (Wildman–Crippen MR) is 119 cm³/mol. The molecule has 8 nitrogen and oxygen atoms in total. The van der Waals surface area contributed by atoms with Crippen LogP contribution in [0.5, 0.6) is 11.8 Å². The minimum absolute atomic E-state index is 0.196. The van der Waals surface area contributed by atoms with Gasteiger partial charge in [-0.1, -0.05) is 12.1 Å². The van der Waals surface area contributed by atoms with Crippen molar-refractivity contribution in [3.63, 3.8) is 0 Å². The fourth-order valence-electron chi connectivity index (χ4n) is 3.74. The molecule has 3 N–H and O–H groups in total. The summed E-state index contributed by atoms with van der Waals surface area (Å²) >= 11 is 0. The number of nitrogens with one attached hydrogen (secondary N) is 1. The van der Waals surface area contributed by atoms with Crippen molar-refractivity contribution < 1.29 is 14.3 Å². The van der Waals surface area contributed by atoms with Gasteiger partial charge >= 0.3 is 6.09 Å². The van der Waals surface area contributed by atoms with Crippen molar-refractivity contribution in [3.05, 3.63) is 54.4 Å². The van der Waals surface area contributed by atoms with E-state index in [1.54, 1.807) is 6.20 Å². The molecule has 8 heteroatoms. The molecule has 0 aliphatic carbocycles. The van der Waals surface area contributed by atoms with Gasteiger partial charge in [-0.2, -0.15) is 0 Å². The maximum Gasteiger partial charge on any atom is 0.411 e. The van der Waals surface area contributed by atoms with E-state index in [0.29, 0.717) is 23.7 Å². The van der Waals surface area contributed by atoms with Crippen molar-refractivity contribution in [2.75, 3.05) is 32.1 Å². The molecule has 1 saturated heterocycles. The summed E-state index contributed by atoms with van der Waals surface area (Å²) in [6.45, 7) is 3.58. The summed E-state index contributed by atoms with van der Waals surface area (Å²) < 4.78 is 10.9. The Hall–Kier alpha value is -3.39. The summed E-state index contributed by atoms with van der Waals surface area (Å²) in [6.07, 6.45) is 4.87. The van der Waals surface area contributed by atoms with Crippen LogP contribution in [0.2, 0.25) is 0 Å². The molecule has 1 fully saturated rings. The molecule has 0 bridgehead atoms. The number of likely N-dealkylation sites (tertiary alicyclic amines) is 1. The fourth-order valence-corrected chi connectivity index (χ4v) is 3.74. The predicted octanol–water partition coefficient (Wildman–Crippen LogP) is 3.42. The second-order valence-corrected chi connectivity index (χ2v) is 7.85. The number of nitrogens with zero attached hydrogens (tertiary/aromatic N) is 3. The van der Waals surface area contributed by atoms with Crippen molar-refractivity contribution in [2.45, 2.75) is 19.4 Å². The lowest BCUT2D eigenvalue weighted by Gasteiger charge is -2.28. The van der Waals surface area contributed by atoms with Gasteiger partial charge in [0, 0.05) is 41.5 Å². The van der Waals surface area contributed by atoms with E-state index in [-0.39, 0.29) is 5.88 Å². The van der Waals surface area contributed by atoms with Gasteiger partial charge in [0.05, 0.1) is 6.61 Å². The normalized spacial score (nSPS) is 15.0. The zero-order chi connectivity index (χ0) is 21.6. The molecule has 3 aromatic rings. The first kappa shape index (κ1) is 20.9. The van der Waals surface area contributed by atoms with Gasteiger partial charge in [-0.3, -0.25) is 0 Å². The first-order valence-electron chi connectivity index (χ1n) is 10.4. The average Bonchev–Trinajstić information content (AvgIpc) is 2.78. The van der Waals surface area contributed by atoms with Gasteiger partial charge in [0.2, 0.25) is 11.8 Å². The maximum atomic E-state index is 11.1. The summed E-state index contributed by atoms with van der Waals surface area (Å²) in [7, 11) is 2.16. The summed E-state index contributed by atoms with van der Waals surface area (Å²) in [5.74, 6) is 1.46. The highest BCUT2D eigenvalue weighted by Crippen LogP contribution is 2.29. The third-order valence-corrected chi connectivity index (χ3v) is 5.55. The Labute approximate surface area is 181 Å². The highest BCUT2D eigenvalue weighted by Gasteiger charge is 2.17. The van der Waals surface area contributed by atoms with Gasteiger partial charge < -0.3 is 25.4 Å². The number of rotatable bonds is 7. The number of nitrogens with two attached hydrogens (primary N) is 1. The number of hydrogen-bond donors (Lipinski definition) is 2. The topological polar surface area (TPSA) is 103 Å². The lowest BCUT2D eigenvalue weighted by atomic mass is 9.98. The highest BCUT2D eigenvalue weighted by molar-refractivity contribution is 5.97. The van der Waals surface area contributed by atoms with Gasteiger partial charge in [-0.05, 0) is 62.7 Å². The Kier molecular flexibility index (Phi) is 6.47. The number of primary amides is 1. The van der Waals surface area contributed by atoms with E-state index in [0.717, 1.165) is 36.3 Å². The monoisotopic (exact) mass is 421 g/mol. The highest BCUT2D eigenvalue weighted by atomic mass is 16.6. The molecule has 0 unspecified atom stereocenters. The molecule has 1 aliphatic heterocycles. The van der Waals surface area contributed by atoms with Gasteiger partial charge in [0.15, 0.2) is 0 Å². The second-order valence-electron chi connectivity index (χ2n) is 7.85. The van der Waals surface area contributed by atoms with Gasteiger partial charge in [-0.15, -0.1) is 0 Å². The van der Waals surface area contributed by atoms with Gasteiger partial charge in [0.25, 0.3) is 0 Å². The van der Waals surface area contributed by atoms with E-state index in [1.165, 1.54) is 12.8 Å². The van der Waals surface area contributed by atoms with Crippen LogP contribution in [0.1, 0.15) is 18.4 Å². The first-order valence-corrected chi connectivity index (χ1v) is 10.4. The standard InChI is InChI=1S/C23H27N5O3/c1-28-11-8-16(9-12-28)15-30-21-6-5-17(14-27-21)13-26-20-4-2-3-19-18(20)7-10-25-22(19)31-23(24)29/h2-7,10,14,16,26H,8-9,11-13,15H2,1H3,(H2,24,29). The van der Waals surface area contributed by atoms with Crippen molar-refractivity contribution in [2.24, 2.45) is 11.7 Å². The van der Waals surface area contributed by atoms with Crippen molar-refractivity contribution in [1.29, 1.82) is 0 Å². The van der Waals surface area contributed by atoms with Crippen LogP contribution in [0, 0.1) is 5.92 Å². The molecule has 1 aliphatic rings. The molecular formula is C23H27N5O3. The van der Waals surface area contributed by atoms with E-state index < -0.39 is 6.09 Å². The fraction of sp³-hybridized carbons (Fsp3) is 0.348. The first-order chi connectivity index (χ1) is 15.1. The zero-order valence-electron chi connectivity index (χ0n) is 17.6. The SMILES string of the molecule is CN1CCC(COc2ccc(CNc3cccc4c(OC(N)=O)nccc34)cn2)CC1. The number of pyridine rings is 2. The lowest BCUT2D eigenvalue weighted by molar-refractivity contribution is 0.157. The van der Waals surface area contributed by atoms with Crippen LogP contribution < -0.4 is 20.5 Å². The molecule has 4 rings (SSSR count). The van der Waals surface area contributed by atoms with E-state index in [9.17, 15) is 4.79 Å². The molecule has 162 valence electrons. The van der Waals surface area contributed by atoms with E-state index in [4.69, 9.17) is 15.2 Å². The molecule has 1 amide bonds. The molecular weight excluding hydrogens is 394 g/mol. The minimum Gasteiger partial charge on any atom is -0.477 e. The van der Waals surface area contributed by atoms with Gasteiger partial charge in [0.1, 0.15) is 0 Å². The van der Waals surface area contributed by atoms with Gasteiger partial charge in [-0.25, -0.2) is 14.8 Å². The second kappa shape index (κ2) is 9.61. The molecule has 2 aromatic heterocycles. The van der Waals surface area contributed by atoms with Crippen LogP contribution >= 0.6 is 0 Å². The number of benzene rings is 1. The summed E-state index contributed by atoms with van der Waals surface area (Å²) in [5.41, 5.74) is 7.07. The Morgan fingerprint density at radius 2 is 2.00 bits per heavy atom. The number of ether oxygens (including phenoxy) is 2. The summed E-state index contributed by atoms with van der Waals surface area (Å²) in [4.78, 5) is 22.0. The van der Waals surface area contributed by atoms with Crippen molar-refractivity contribution in [3.8, 4) is 11.8 Å². The van der Waals surface area contributed by atoms with Crippen molar-refractivity contribution in [1.82, 2.24) is 14.9 Å². The third-order valence-electron chi connectivity index (χ3n) is 5.55. The number of carbonyl (C=O) groups excluding carboxylic acids is 1. The molecule has 3 heterocycles. The Bertz CT molecular complexity index is 1030. The van der Waals surface area contributed by atoms with E-state index in [1.807, 2.05) is 42.6 Å². The summed E-state index contributed by atoms with van der Waals surface area (Å²) in [5, 5.41) is 5.01. The quantitative estimate of drug-likeness (QED) is 0.602. The number of amides is 1. The molecule has 31 heavy (non-hydrogen) atoms. The molecule has 0 saturated carbocycles. The number of piperidine rings is 1. The number of anilines is 1. The van der Waals surface area contributed by atoms with Crippen LogP contribution in [0.3, 0.4) is 0 Å². The smallest absolute Gasteiger partial charge is 0.411 e. The zero-order valence-corrected chi connectivity index (χ0v) is 17.6. The van der Waals surface area contributed by atoms with E-state index in [2.05, 4.69) is 27.2 Å². The molecule has 1 aromatic carbocycles. The Balaban J connectivity index is 1.36. The number of carbonyl (C=O) groups is 1. The molecule has 0 radical (unpaired) electrons. The Morgan fingerprint density at radius 3 is 2.74 bits per heavy atom. The average molecular weight is 422 g/mol. The molecule has 0 atom stereocenters. The number of fused-ring (bicyclic) bond motifs is 1. The van der Waals surface area contributed by atoms with Crippen LogP contribution in [-0.2, 0) is 6.54 Å². The minimum atomic E-state index is -0.887. The van der Waals surface area contributed by atoms with Crippen LogP contribution in [-0.4, -0.2) is 47.7 Å². The largest absolute Gasteiger partial charge is 0.477 e. The van der Waals surface area contributed by atoms with Crippen LogP contribution in [0.15, 0.2) is 48.8 Å². The Morgan fingerprint density at radius 1 is 1.16 bits per heavy atom. The van der Waals surface area contributed by atoms with Crippen LogP contribution in [0.25, 0.3) is 10.8 Å². The summed E-state index contributed by atoms with van der Waals surface area (Å²) in [6, 6.07) is 11.5. The molecule has 0 spiro atoms. The lowest BCUT2D eigenvalue weighted by Crippen LogP contribution is -2.32. The van der Waals surface area contributed by atoms with Crippen LogP contribution in [0.4, 0.5) is 10.5 Å². The third kappa shape index (κ3) is 5.40. The maximum absolute atomic E-state index is 11.1. The number of aromatic nitrogens is 2. The van der Waals surface area contributed by atoms with E-state index >= 15 is 0 Å².